The summed E-state index contributed by atoms with van der Waals surface area (Å²) in [6.45, 7) is 1.05. The Morgan fingerprint density at radius 3 is 2.45 bits per heavy atom. The maximum atomic E-state index is 13.3. The Morgan fingerprint density at radius 1 is 1.14 bits per heavy atom. The Kier molecular flexibility index (Phi) is 6.24. The molecule has 0 heterocycles. The van der Waals surface area contributed by atoms with E-state index in [0.717, 1.165) is 21.8 Å². The van der Waals surface area contributed by atoms with E-state index in [9.17, 15) is 4.39 Å². The van der Waals surface area contributed by atoms with Crippen molar-refractivity contribution in [2.45, 2.75) is 24.6 Å². The largest absolute Gasteiger partial charge is 0.496 e. The lowest BCUT2D eigenvalue weighted by Crippen LogP contribution is -2.13. The lowest BCUT2D eigenvalue weighted by Gasteiger charge is -2.10. The average Bonchev–Trinajstić information content (AvgIpc) is 2.56. The van der Waals surface area contributed by atoms with E-state index in [-0.39, 0.29) is 12.4 Å². The quantitative estimate of drug-likeness (QED) is 0.768. The predicted molar refractivity (Wildman–Crippen MR) is 87.6 cm³/mol. The zero-order valence-electron chi connectivity index (χ0n) is 12.7. The summed E-state index contributed by atoms with van der Waals surface area (Å²) >= 11 is 1.65. The first-order chi connectivity index (χ1) is 10.7. The second-order valence-electron chi connectivity index (χ2n) is 4.88. The van der Waals surface area contributed by atoms with Crippen molar-refractivity contribution in [3.05, 3.63) is 58.9 Å². The SMILES string of the molecule is COc1ccc(CNCc2ccc(F)c(CO)c2)cc1SC. The van der Waals surface area contributed by atoms with Gasteiger partial charge in [-0.2, -0.15) is 0 Å². The number of rotatable bonds is 7. The van der Waals surface area contributed by atoms with Crippen LogP contribution in [-0.2, 0) is 19.7 Å². The summed E-state index contributed by atoms with van der Waals surface area (Å²) in [7, 11) is 1.67. The van der Waals surface area contributed by atoms with Crippen LogP contribution in [0.5, 0.6) is 5.75 Å². The van der Waals surface area contributed by atoms with E-state index < -0.39 is 0 Å². The van der Waals surface area contributed by atoms with Crippen LogP contribution in [0.4, 0.5) is 4.39 Å². The molecule has 2 N–H and O–H groups in total. The van der Waals surface area contributed by atoms with Gasteiger partial charge < -0.3 is 15.2 Å². The van der Waals surface area contributed by atoms with Crippen molar-refractivity contribution < 1.29 is 14.2 Å². The van der Waals surface area contributed by atoms with Crippen molar-refractivity contribution in [1.82, 2.24) is 5.32 Å². The lowest BCUT2D eigenvalue weighted by molar-refractivity contribution is 0.275. The molecule has 0 aliphatic rings. The Hall–Kier alpha value is -1.56. The standard InChI is InChI=1S/C17H20FNO2S/c1-21-16-6-4-13(8-17(16)22-2)10-19-9-12-3-5-15(18)14(7-12)11-20/h3-8,19-20H,9-11H2,1-2H3. The van der Waals surface area contributed by atoms with Gasteiger partial charge in [0.2, 0.25) is 0 Å². The minimum atomic E-state index is -0.369. The molecule has 0 saturated heterocycles. The number of hydrogen-bond acceptors (Lipinski definition) is 4. The molecule has 0 radical (unpaired) electrons. The molecule has 0 saturated carbocycles. The topological polar surface area (TPSA) is 41.5 Å². The summed E-state index contributed by atoms with van der Waals surface area (Å²) in [5, 5.41) is 12.4. The Bertz CT molecular complexity index is 634. The number of thioether (sulfide) groups is 1. The van der Waals surface area contributed by atoms with E-state index in [1.165, 1.54) is 6.07 Å². The molecule has 0 aliphatic carbocycles. The second-order valence-corrected chi connectivity index (χ2v) is 5.72. The normalized spacial score (nSPS) is 10.7. The highest BCUT2D eigenvalue weighted by molar-refractivity contribution is 7.98. The van der Waals surface area contributed by atoms with Crippen LogP contribution >= 0.6 is 11.8 Å². The molecule has 118 valence electrons. The van der Waals surface area contributed by atoms with Crippen LogP contribution in [0, 0.1) is 5.82 Å². The number of aliphatic hydroxyl groups excluding tert-OH is 1. The van der Waals surface area contributed by atoms with Gasteiger partial charge in [0.05, 0.1) is 13.7 Å². The van der Waals surface area contributed by atoms with E-state index in [0.29, 0.717) is 18.7 Å². The van der Waals surface area contributed by atoms with E-state index in [2.05, 4.69) is 11.4 Å². The first kappa shape index (κ1) is 16.8. The summed E-state index contributed by atoms with van der Waals surface area (Å²) in [5.74, 6) is 0.508. The van der Waals surface area contributed by atoms with Crippen molar-refractivity contribution in [3.63, 3.8) is 0 Å². The monoisotopic (exact) mass is 321 g/mol. The molecule has 0 aliphatic heterocycles. The van der Waals surface area contributed by atoms with Crippen molar-refractivity contribution in [2.75, 3.05) is 13.4 Å². The fraction of sp³-hybridized carbons (Fsp3) is 0.294. The highest BCUT2D eigenvalue weighted by Crippen LogP contribution is 2.28. The van der Waals surface area contributed by atoms with Crippen molar-refractivity contribution in [1.29, 1.82) is 0 Å². The van der Waals surface area contributed by atoms with E-state index in [4.69, 9.17) is 9.84 Å². The molecule has 0 aromatic heterocycles. The predicted octanol–water partition coefficient (Wildman–Crippen LogP) is 3.34. The number of nitrogens with one attached hydrogen (secondary N) is 1. The zero-order chi connectivity index (χ0) is 15.9. The van der Waals surface area contributed by atoms with Crippen molar-refractivity contribution in [2.24, 2.45) is 0 Å². The number of ether oxygens (including phenoxy) is 1. The lowest BCUT2D eigenvalue weighted by atomic mass is 10.1. The summed E-state index contributed by atoms with van der Waals surface area (Å²) < 4.78 is 18.6. The van der Waals surface area contributed by atoms with Crippen molar-refractivity contribution in [3.8, 4) is 5.75 Å². The molecular formula is C17H20FNO2S. The molecule has 0 spiro atoms. The van der Waals surface area contributed by atoms with Crippen LogP contribution in [0.3, 0.4) is 0 Å². The van der Waals surface area contributed by atoms with Gasteiger partial charge in [0.25, 0.3) is 0 Å². The molecule has 0 atom stereocenters. The Balaban J connectivity index is 1.96. The molecule has 2 rings (SSSR count). The first-order valence-electron chi connectivity index (χ1n) is 6.97. The molecule has 2 aromatic carbocycles. The van der Waals surface area contributed by atoms with E-state index in [1.807, 2.05) is 18.4 Å². The van der Waals surface area contributed by atoms with Crippen LogP contribution < -0.4 is 10.1 Å². The molecular weight excluding hydrogens is 301 g/mol. The Labute approximate surface area is 134 Å². The highest BCUT2D eigenvalue weighted by atomic mass is 32.2. The second kappa shape index (κ2) is 8.17. The van der Waals surface area contributed by atoms with E-state index in [1.54, 1.807) is 31.0 Å². The van der Waals surface area contributed by atoms with Gasteiger partial charge in [0.15, 0.2) is 0 Å². The van der Waals surface area contributed by atoms with Gasteiger partial charge in [-0.3, -0.25) is 0 Å². The van der Waals surface area contributed by atoms with Gasteiger partial charge in [-0.25, -0.2) is 4.39 Å². The molecule has 5 heteroatoms. The fourth-order valence-corrected chi connectivity index (χ4v) is 2.82. The number of hydrogen-bond donors (Lipinski definition) is 2. The minimum absolute atomic E-state index is 0.283. The van der Waals surface area contributed by atoms with Gasteiger partial charge in [-0.05, 0) is 41.6 Å². The maximum absolute atomic E-state index is 13.3. The minimum Gasteiger partial charge on any atom is -0.496 e. The average molecular weight is 321 g/mol. The molecule has 0 fully saturated rings. The van der Waals surface area contributed by atoms with Crippen LogP contribution in [0.15, 0.2) is 41.3 Å². The van der Waals surface area contributed by atoms with Gasteiger partial charge >= 0.3 is 0 Å². The third kappa shape index (κ3) is 4.22. The summed E-state index contributed by atoms with van der Waals surface area (Å²) in [6.07, 6.45) is 2.02. The van der Waals surface area contributed by atoms with E-state index >= 15 is 0 Å². The first-order valence-corrected chi connectivity index (χ1v) is 8.20. The van der Waals surface area contributed by atoms with Crippen LogP contribution in [0.1, 0.15) is 16.7 Å². The Morgan fingerprint density at radius 2 is 1.82 bits per heavy atom. The summed E-state index contributed by atoms with van der Waals surface area (Å²) in [5.41, 5.74) is 2.44. The molecule has 0 amide bonds. The molecule has 3 nitrogen and oxygen atoms in total. The number of benzene rings is 2. The fourth-order valence-electron chi connectivity index (χ4n) is 2.20. The highest BCUT2D eigenvalue weighted by Gasteiger charge is 2.05. The van der Waals surface area contributed by atoms with Gasteiger partial charge in [-0.1, -0.05) is 12.1 Å². The number of halogens is 1. The van der Waals surface area contributed by atoms with Gasteiger partial charge in [0, 0.05) is 23.5 Å². The summed E-state index contributed by atoms with van der Waals surface area (Å²) in [6, 6.07) is 10.9. The van der Waals surface area contributed by atoms with Crippen LogP contribution in [-0.4, -0.2) is 18.5 Å². The third-order valence-electron chi connectivity index (χ3n) is 3.39. The zero-order valence-corrected chi connectivity index (χ0v) is 13.5. The molecule has 0 unspecified atom stereocenters. The molecule has 0 bridgehead atoms. The van der Waals surface area contributed by atoms with Crippen LogP contribution in [0.25, 0.3) is 0 Å². The smallest absolute Gasteiger partial charge is 0.132 e. The summed E-state index contributed by atoms with van der Waals surface area (Å²) in [4.78, 5) is 1.10. The van der Waals surface area contributed by atoms with Gasteiger partial charge in [-0.15, -0.1) is 11.8 Å². The van der Waals surface area contributed by atoms with Crippen molar-refractivity contribution >= 4 is 11.8 Å². The molecule has 22 heavy (non-hydrogen) atoms. The number of methoxy groups -OCH3 is 1. The third-order valence-corrected chi connectivity index (χ3v) is 4.15. The number of aliphatic hydroxyl groups is 1. The van der Waals surface area contributed by atoms with Gasteiger partial charge in [0.1, 0.15) is 11.6 Å². The maximum Gasteiger partial charge on any atom is 0.132 e. The van der Waals surface area contributed by atoms with Crippen LogP contribution in [0.2, 0.25) is 0 Å². The molecule has 2 aromatic rings.